The fourth-order valence-corrected chi connectivity index (χ4v) is 1.64. The van der Waals surface area contributed by atoms with E-state index in [0.717, 1.165) is 5.69 Å². The highest BCUT2D eigenvalue weighted by atomic mass is 16.5. The fraction of sp³-hybridized carbons (Fsp3) is 0.875. The van der Waals surface area contributed by atoms with Gasteiger partial charge in [0.25, 0.3) is 0 Å². The third-order valence-corrected chi connectivity index (χ3v) is 2.91. The first-order chi connectivity index (χ1) is 10.2. The number of nitrogens with zero attached hydrogens (tertiary/aromatic N) is 3. The lowest BCUT2D eigenvalue weighted by Crippen LogP contribution is -2.22. The van der Waals surface area contributed by atoms with Crippen LogP contribution in [0.2, 0.25) is 0 Å². The Hall–Kier alpha value is -0.980. The van der Waals surface area contributed by atoms with Crippen LogP contribution in [0.3, 0.4) is 0 Å². The Morgan fingerprint density at radius 3 is 2.05 bits per heavy atom. The SMILES string of the molecule is CC(C)(C)OCCOCCOCCn1cc(C(C)(C)C)nn1. The van der Waals surface area contributed by atoms with Gasteiger partial charge in [-0.25, -0.2) is 4.68 Å². The Morgan fingerprint density at radius 1 is 0.909 bits per heavy atom. The highest BCUT2D eigenvalue weighted by Crippen LogP contribution is 2.18. The van der Waals surface area contributed by atoms with Crippen LogP contribution in [-0.4, -0.2) is 53.6 Å². The molecule has 0 spiro atoms. The van der Waals surface area contributed by atoms with Gasteiger partial charge in [0.2, 0.25) is 0 Å². The molecule has 22 heavy (non-hydrogen) atoms. The molecule has 0 fully saturated rings. The van der Waals surface area contributed by atoms with Crippen molar-refractivity contribution < 1.29 is 14.2 Å². The molecule has 0 unspecified atom stereocenters. The van der Waals surface area contributed by atoms with E-state index in [0.29, 0.717) is 39.6 Å². The van der Waals surface area contributed by atoms with Gasteiger partial charge in [-0.3, -0.25) is 0 Å². The average Bonchev–Trinajstić information content (AvgIpc) is 2.84. The maximum absolute atomic E-state index is 5.56. The second-order valence-electron chi connectivity index (χ2n) is 7.30. The molecule has 1 aromatic heterocycles. The van der Waals surface area contributed by atoms with Gasteiger partial charge in [0.1, 0.15) is 0 Å². The Balaban J connectivity index is 2.01. The molecule has 0 radical (unpaired) electrons. The van der Waals surface area contributed by atoms with Crippen molar-refractivity contribution in [2.75, 3.05) is 33.0 Å². The van der Waals surface area contributed by atoms with Gasteiger partial charge in [-0.2, -0.15) is 0 Å². The molecule has 1 aromatic rings. The number of ether oxygens (including phenoxy) is 3. The van der Waals surface area contributed by atoms with Crippen molar-refractivity contribution in [3.63, 3.8) is 0 Å². The summed E-state index contributed by atoms with van der Waals surface area (Å²) in [6, 6.07) is 0. The zero-order valence-corrected chi connectivity index (χ0v) is 14.9. The third-order valence-electron chi connectivity index (χ3n) is 2.91. The van der Waals surface area contributed by atoms with Crippen LogP contribution in [0.1, 0.15) is 47.2 Å². The molecule has 6 heteroatoms. The molecule has 0 atom stereocenters. The van der Waals surface area contributed by atoms with E-state index >= 15 is 0 Å². The number of rotatable bonds is 9. The van der Waals surface area contributed by atoms with Crippen LogP contribution in [0.5, 0.6) is 0 Å². The first-order valence-electron chi connectivity index (χ1n) is 7.88. The van der Waals surface area contributed by atoms with Crippen LogP contribution >= 0.6 is 0 Å². The van der Waals surface area contributed by atoms with E-state index in [1.807, 2.05) is 31.6 Å². The molecule has 1 rings (SSSR count). The van der Waals surface area contributed by atoms with Crippen molar-refractivity contribution in [1.29, 1.82) is 0 Å². The van der Waals surface area contributed by atoms with Gasteiger partial charge in [-0.1, -0.05) is 26.0 Å². The summed E-state index contributed by atoms with van der Waals surface area (Å²) in [6.45, 7) is 16.1. The van der Waals surface area contributed by atoms with Gasteiger partial charge in [0, 0.05) is 11.6 Å². The maximum Gasteiger partial charge on any atom is 0.0880 e. The topological polar surface area (TPSA) is 58.4 Å². The Labute approximate surface area is 134 Å². The molecule has 0 bridgehead atoms. The minimum atomic E-state index is -0.108. The normalized spacial score (nSPS) is 12.8. The van der Waals surface area contributed by atoms with Crippen LogP contribution in [0.15, 0.2) is 6.20 Å². The first-order valence-corrected chi connectivity index (χ1v) is 7.88. The first kappa shape index (κ1) is 19.1. The van der Waals surface area contributed by atoms with Crippen LogP contribution in [0.4, 0.5) is 0 Å². The second-order valence-corrected chi connectivity index (χ2v) is 7.30. The van der Waals surface area contributed by atoms with E-state index in [-0.39, 0.29) is 11.0 Å². The van der Waals surface area contributed by atoms with Crippen molar-refractivity contribution in [2.24, 2.45) is 0 Å². The molecule has 0 aliphatic rings. The van der Waals surface area contributed by atoms with Crippen LogP contribution in [0.25, 0.3) is 0 Å². The van der Waals surface area contributed by atoms with Crippen molar-refractivity contribution in [3.05, 3.63) is 11.9 Å². The second kappa shape index (κ2) is 8.60. The monoisotopic (exact) mass is 313 g/mol. The van der Waals surface area contributed by atoms with Gasteiger partial charge in [0.15, 0.2) is 0 Å². The zero-order chi connectivity index (χ0) is 16.6. The lowest BCUT2D eigenvalue weighted by molar-refractivity contribution is -0.0427. The molecule has 128 valence electrons. The molecule has 1 heterocycles. The van der Waals surface area contributed by atoms with E-state index < -0.39 is 0 Å². The summed E-state index contributed by atoms with van der Waals surface area (Å²) in [5, 5.41) is 8.28. The molecular formula is C16H31N3O3. The number of hydrogen-bond acceptors (Lipinski definition) is 5. The summed E-state index contributed by atoms with van der Waals surface area (Å²) >= 11 is 0. The van der Waals surface area contributed by atoms with Crippen LogP contribution in [0, 0.1) is 0 Å². The van der Waals surface area contributed by atoms with E-state index in [1.165, 1.54) is 0 Å². The summed E-state index contributed by atoms with van der Waals surface area (Å²) < 4.78 is 18.3. The highest BCUT2D eigenvalue weighted by Gasteiger charge is 2.17. The Bertz CT molecular complexity index is 419. The average molecular weight is 313 g/mol. The number of hydrogen-bond donors (Lipinski definition) is 0. The summed E-state index contributed by atoms with van der Waals surface area (Å²) in [6.07, 6.45) is 1.98. The maximum atomic E-state index is 5.56. The Kier molecular flexibility index (Phi) is 7.45. The quantitative estimate of drug-likeness (QED) is 0.655. The highest BCUT2D eigenvalue weighted by molar-refractivity contribution is 5.06. The molecule has 6 nitrogen and oxygen atoms in total. The fourth-order valence-electron chi connectivity index (χ4n) is 1.64. The van der Waals surface area contributed by atoms with Gasteiger partial charge in [-0.05, 0) is 20.8 Å². The van der Waals surface area contributed by atoms with Gasteiger partial charge in [-0.15, -0.1) is 5.10 Å². The van der Waals surface area contributed by atoms with Gasteiger partial charge < -0.3 is 14.2 Å². The predicted octanol–water partition coefficient (Wildman–Crippen LogP) is 2.42. The van der Waals surface area contributed by atoms with Crippen molar-refractivity contribution >= 4 is 0 Å². The van der Waals surface area contributed by atoms with Crippen molar-refractivity contribution in [1.82, 2.24) is 15.0 Å². The lowest BCUT2D eigenvalue weighted by atomic mass is 9.93. The van der Waals surface area contributed by atoms with Gasteiger partial charge >= 0.3 is 0 Å². The van der Waals surface area contributed by atoms with Crippen LogP contribution in [-0.2, 0) is 26.2 Å². The molecule has 0 aromatic carbocycles. The summed E-state index contributed by atoms with van der Waals surface area (Å²) in [7, 11) is 0. The van der Waals surface area contributed by atoms with Crippen molar-refractivity contribution in [2.45, 2.75) is 59.1 Å². The molecule has 0 aliphatic heterocycles. The molecule has 0 saturated carbocycles. The van der Waals surface area contributed by atoms with E-state index in [4.69, 9.17) is 14.2 Å². The largest absolute Gasteiger partial charge is 0.377 e. The standard InChI is InChI=1S/C16H31N3O3/c1-15(2,3)14-13-19(18-17-14)7-8-20-9-10-21-11-12-22-16(4,5)6/h13H,7-12H2,1-6H3. The smallest absolute Gasteiger partial charge is 0.0880 e. The van der Waals surface area contributed by atoms with Gasteiger partial charge in [0.05, 0.1) is 50.9 Å². The molecule has 0 aliphatic carbocycles. The third kappa shape index (κ3) is 8.46. The number of aromatic nitrogens is 3. The van der Waals surface area contributed by atoms with Crippen molar-refractivity contribution in [3.8, 4) is 0 Å². The zero-order valence-electron chi connectivity index (χ0n) is 14.9. The summed E-state index contributed by atoms with van der Waals surface area (Å²) in [5.41, 5.74) is 0.917. The van der Waals surface area contributed by atoms with E-state index in [9.17, 15) is 0 Å². The molecule has 0 saturated heterocycles. The van der Waals surface area contributed by atoms with E-state index in [1.54, 1.807) is 0 Å². The molecule has 0 amide bonds. The molecule has 0 N–H and O–H groups in total. The summed E-state index contributed by atoms with van der Waals surface area (Å²) in [5.74, 6) is 0. The Morgan fingerprint density at radius 2 is 1.50 bits per heavy atom. The minimum Gasteiger partial charge on any atom is -0.377 e. The minimum absolute atomic E-state index is 0.0298. The molecular weight excluding hydrogens is 282 g/mol. The van der Waals surface area contributed by atoms with Crippen LogP contribution < -0.4 is 0 Å². The van der Waals surface area contributed by atoms with E-state index in [2.05, 4.69) is 31.1 Å². The summed E-state index contributed by atoms with van der Waals surface area (Å²) in [4.78, 5) is 0. The lowest BCUT2D eigenvalue weighted by Gasteiger charge is -2.19. The predicted molar refractivity (Wildman–Crippen MR) is 86.1 cm³/mol.